The zero-order chi connectivity index (χ0) is 21.4. The van der Waals surface area contributed by atoms with Crippen LogP contribution in [-0.2, 0) is 6.42 Å². The fourth-order valence-corrected chi connectivity index (χ4v) is 4.10. The predicted molar refractivity (Wildman–Crippen MR) is 120 cm³/mol. The molecule has 0 aliphatic heterocycles. The van der Waals surface area contributed by atoms with Crippen molar-refractivity contribution in [2.75, 3.05) is 12.4 Å². The maximum Gasteiger partial charge on any atom is 0.412 e. The maximum absolute atomic E-state index is 12.3. The van der Waals surface area contributed by atoms with Gasteiger partial charge in [0.25, 0.3) is 0 Å². The maximum atomic E-state index is 12.3. The zero-order valence-corrected chi connectivity index (χ0v) is 18.6. The number of amides is 1. The van der Waals surface area contributed by atoms with Crippen molar-refractivity contribution in [3.8, 4) is 11.5 Å². The first kappa shape index (κ1) is 23.3. The molecule has 0 saturated heterocycles. The third-order valence-corrected chi connectivity index (χ3v) is 5.72. The van der Waals surface area contributed by atoms with Gasteiger partial charge in [0, 0.05) is 23.9 Å². The number of carbonyl (C=O) groups excluding carboxylic acids is 1. The van der Waals surface area contributed by atoms with Crippen LogP contribution >= 0.6 is 11.6 Å². The summed E-state index contributed by atoms with van der Waals surface area (Å²) in [6.07, 6.45) is 7.72. The van der Waals surface area contributed by atoms with Gasteiger partial charge in [-0.15, -0.1) is 11.6 Å². The fourth-order valence-electron chi connectivity index (χ4n) is 4.00. The normalized spacial score (nSPS) is 18.8. The van der Waals surface area contributed by atoms with Gasteiger partial charge in [-0.3, -0.25) is 0 Å². The molecule has 0 spiro atoms. The van der Waals surface area contributed by atoms with Crippen molar-refractivity contribution < 1.29 is 14.6 Å². The first-order chi connectivity index (χ1) is 13.9. The van der Waals surface area contributed by atoms with Crippen LogP contribution < -0.4 is 10.1 Å². The Balaban J connectivity index is 2.45. The van der Waals surface area contributed by atoms with E-state index in [1.54, 1.807) is 0 Å². The van der Waals surface area contributed by atoms with Crippen LogP contribution in [0.15, 0.2) is 35.9 Å². The number of hydrogen-bond donors (Lipinski definition) is 2. The summed E-state index contributed by atoms with van der Waals surface area (Å²) in [5.74, 6) is 1.05. The van der Waals surface area contributed by atoms with Gasteiger partial charge in [-0.05, 0) is 63.1 Å². The van der Waals surface area contributed by atoms with E-state index in [1.165, 1.54) is 5.57 Å². The van der Waals surface area contributed by atoms with Gasteiger partial charge in [-0.25, -0.2) is 4.79 Å². The van der Waals surface area contributed by atoms with Gasteiger partial charge >= 0.3 is 6.09 Å². The SMILES string of the molecule is C=C(C)[C@@H]1CCC(C)=C[C@H]1c1c(O)cc(CCCCC)cc1OC(=O)NCCCl. The Hall–Kier alpha value is -1.94. The highest BCUT2D eigenvalue weighted by Gasteiger charge is 2.31. The summed E-state index contributed by atoms with van der Waals surface area (Å²) in [5, 5.41) is 13.6. The largest absolute Gasteiger partial charge is 0.507 e. The van der Waals surface area contributed by atoms with Crippen molar-refractivity contribution in [2.24, 2.45) is 5.92 Å². The molecule has 0 radical (unpaired) electrons. The first-order valence-electron chi connectivity index (χ1n) is 10.6. The Labute approximate surface area is 180 Å². The quantitative estimate of drug-likeness (QED) is 0.274. The zero-order valence-electron chi connectivity index (χ0n) is 17.9. The molecule has 0 unspecified atom stereocenters. The molecule has 2 atom stereocenters. The number of phenolic OH excluding ortho intramolecular Hbond substituents is 1. The minimum absolute atomic E-state index is 0.0678. The first-order valence-corrected chi connectivity index (χ1v) is 11.1. The third-order valence-electron chi connectivity index (χ3n) is 5.53. The van der Waals surface area contributed by atoms with Crippen LogP contribution in [0.4, 0.5) is 4.79 Å². The number of carbonyl (C=O) groups is 1. The number of benzene rings is 1. The highest BCUT2D eigenvalue weighted by Crippen LogP contribution is 2.47. The summed E-state index contributed by atoms with van der Waals surface area (Å²) in [7, 11) is 0. The topological polar surface area (TPSA) is 58.6 Å². The molecule has 4 nitrogen and oxygen atoms in total. The Morgan fingerprint density at radius 3 is 2.79 bits per heavy atom. The van der Waals surface area contributed by atoms with E-state index < -0.39 is 6.09 Å². The van der Waals surface area contributed by atoms with Crippen LogP contribution in [-0.4, -0.2) is 23.6 Å². The number of unbranched alkanes of at least 4 members (excludes halogenated alkanes) is 2. The molecule has 0 fully saturated rings. The molecule has 0 bridgehead atoms. The molecule has 160 valence electrons. The standard InChI is InChI=1S/C24H34ClNO3/c1-5-6-7-8-18-14-21(27)23(22(15-18)29-24(28)26-12-11-25)20-13-17(4)9-10-19(20)16(2)3/h13-15,19-20,27H,2,5-12H2,1,3-4H3,(H,26,28)/t19-,20+/m0/s1. The lowest BCUT2D eigenvalue weighted by molar-refractivity contribution is 0.200. The van der Waals surface area contributed by atoms with Crippen molar-refractivity contribution in [1.29, 1.82) is 0 Å². The van der Waals surface area contributed by atoms with Crippen molar-refractivity contribution in [3.63, 3.8) is 0 Å². The molecule has 1 aliphatic carbocycles. The lowest BCUT2D eigenvalue weighted by Crippen LogP contribution is -2.29. The Kier molecular flexibility index (Phi) is 9.09. The van der Waals surface area contributed by atoms with E-state index in [9.17, 15) is 9.90 Å². The minimum Gasteiger partial charge on any atom is -0.507 e. The molecule has 2 N–H and O–H groups in total. The van der Waals surface area contributed by atoms with E-state index in [4.69, 9.17) is 16.3 Å². The van der Waals surface area contributed by atoms with Crippen molar-refractivity contribution in [2.45, 2.75) is 65.2 Å². The molecule has 0 heterocycles. The lowest BCUT2D eigenvalue weighted by atomic mass is 9.73. The third kappa shape index (κ3) is 6.53. The van der Waals surface area contributed by atoms with Gasteiger partial charge < -0.3 is 15.2 Å². The molecule has 0 saturated carbocycles. The number of phenols is 1. The van der Waals surface area contributed by atoms with Crippen LogP contribution in [0, 0.1) is 5.92 Å². The van der Waals surface area contributed by atoms with E-state index in [0.29, 0.717) is 23.7 Å². The van der Waals surface area contributed by atoms with E-state index >= 15 is 0 Å². The molecule has 1 aromatic rings. The number of allylic oxidation sites excluding steroid dienone is 3. The number of alkyl halides is 1. The van der Waals surface area contributed by atoms with Crippen LogP contribution in [0.5, 0.6) is 11.5 Å². The Bertz CT molecular complexity index is 757. The van der Waals surface area contributed by atoms with Crippen LogP contribution in [0.25, 0.3) is 0 Å². The summed E-state index contributed by atoms with van der Waals surface area (Å²) in [6, 6.07) is 3.72. The second kappa shape index (κ2) is 11.3. The minimum atomic E-state index is -0.555. The summed E-state index contributed by atoms with van der Waals surface area (Å²) in [6.45, 7) is 10.8. The second-order valence-electron chi connectivity index (χ2n) is 8.02. The molecule has 0 aromatic heterocycles. The molecule has 1 aliphatic rings. The van der Waals surface area contributed by atoms with Crippen molar-refractivity contribution in [3.05, 3.63) is 47.1 Å². The van der Waals surface area contributed by atoms with Gasteiger partial charge in [0.1, 0.15) is 11.5 Å². The lowest BCUT2D eigenvalue weighted by Gasteiger charge is -2.32. The number of halogens is 1. The average Bonchev–Trinajstić information content (AvgIpc) is 2.66. The summed E-state index contributed by atoms with van der Waals surface area (Å²) >= 11 is 5.67. The fraction of sp³-hybridized carbons (Fsp3) is 0.542. The number of aromatic hydroxyl groups is 1. The molecule has 1 aromatic carbocycles. The average molecular weight is 420 g/mol. The van der Waals surface area contributed by atoms with E-state index in [2.05, 4.69) is 31.8 Å². The number of nitrogens with one attached hydrogen (secondary N) is 1. The molecular formula is C24H34ClNO3. The number of hydrogen-bond acceptors (Lipinski definition) is 3. The van der Waals surface area contributed by atoms with Crippen LogP contribution in [0.1, 0.15) is 69.9 Å². The number of rotatable bonds is 9. The van der Waals surface area contributed by atoms with Gasteiger partial charge in [-0.2, -0.15) is 0 Å². The van der Waals surface area contributed by atoms with E-state index in [-0.39, 0.29) is 17.6 Å². The van der Waals surface area contributed by atoms with Gasteiger partial charge in [0.05, 0.1) is 0 Å². The second-order valence-corrected chi connectivity index (χ2v) is 8.40. The molecular weight excluding hydrogens is 386 g/mol. The monoisotopic (exact) mass is 419 g/mol. The van der Waals surface area contributed by atoms with E-state index in [1.807, 2.05) is 19.1 Å². The summed E-state index contributed by atoms with van der Waals surface area (Å²) in [4.78, 5) is 12.3. The number of aryl methyl sites for hydroxylation is 1. The Morgan fingerprint density at radius 2 is 2.14 bits per heavy atom. The molecule has 29 heavy (non-hydrogen) atoms. The van der Waals surface area contributed by atoms with Crippen LogP contribution in [0.2, 0.25) is 0 Å². The van der Waals surface area contributed by atoms with Gasteiger partial charge in [0.2, 0.25) is 0 Å². The molecule has 1 amide bonds. The Morgan fingerprint density at radius 1 is 1.38 bits per heavy atom. The highest BCUT2D eigenvalue weighted by molar-refractivity contribution is 6.18. The van der Waals surface area contributed by atoms with Crippen LogP contribution in [0.3, 0.4) is 0 Å². The van der Waals surface area contributed by atoms with Gasteiger partial charge in [-0.1, -0.05) is 43.6 Å². The number of ether oxygens (including phenoxy) is 1. The van der Waals surface area contributed by atoms with Crippen molar-refractivity contribution >= 4 is 17.7 Å². The van der Waals surface area contributed by atoms with Gasteiger partial charge in [0.15, 0.2) is 0 Å². The molecule has 2 rings (SSSR count). The molecule has 5 heteroatoms. The summed E-state index contributed by atoms with van der Waals surface area (Å²) in [5.41, 5.74) is 3.99. The highest BCUT2D eigenvalue weighted by atomic mass is 35.5. The smallest absolute Gasteiger partial charge is 0.412 e. The van der Waals surface area contributed by atoms with E-state index in [0.717, 1.165) is 49.7 Å². The predicted octanol–water partition coefficient (Wildman–Crippen LogP) is 6.47. The summed E-state index contributed by atoms with van der Waals surface area (Å²) < 4.78 is 5.66. The van der Waals surface area contributed by atoms with Crippen molar-refractivity contribution in [1.82, 2.24) is 5.32 Å².